The molecule has 0 radical (unpaired) electrons. The third-order valence-corrected chi connectivity index (χ3v) is 2.06. The van der Waals surface area contributed by atoms with Gasteiger partial charge in [0, 0.05) is 22.8 Å². The Hall–Kier alpha value is -0.110. The van der Waals surface area contributed by atoms with Crippen LogP contribution in [0, 0.1) is 0 Å². The Morgan fingerprint density at radius 3 is 2.56 bits per heavy atom. The topological polar surface area (TPSA) is 17.1 Å². The van der Waals surface area contributed by atoms with E-state index in [4.69, 9.17) is 0 Å². The van der Waals surface area contributed by atoms with E-state index in [0.717, 1.165) is 12.2 Å². The Kier molecular flexibility index (Phi) is 4.68. The molecule has 0 spiro atoms. The molecule has 0 bridgehead atoms. The lowest BCUT2D eigenvalue weighted by Crippen LogP contribution is -1.93. The highest BCUT2D eigenvalue weighted by Gasteiger charge is 1.90. The monoisotopic (exact) mass is 146 g/mol. The van der Waals surface area contributed by atoms with Gasteiger partial charge in [-0.2, -0.15) is 0 Å². The van der Waals surface area contributed by atoms with Crippen LogP contribution in [0.1, 0.15) is 20.3 Å². The van der Waals surface area contributed by atoms with Crippen LogP contribution in [-0.2, 0) is 10.8 Å². The van der Waals surface area contributed by atoms with Crippen molar-refractivity contribution in [1.82, 2.24) is 0 Å². The van der Waals surface area contributed by atoms with Crippen LogP contribution in [0.2, 0.25) is 0 Å². The summed E-state index contributed by atoms with van der Waals surface area (Å²) in [5.41, 5.74) is 1.32. The fraction of sp³-hybridized carbons (Fsp3) is 0.714. The Morgan fingerprint density at radius 1 is 1.67 bits per heavy atom. The maximum atomic E-state index is 10.5. The first-order chi connectivity index (χ1) is 4.16. The summed E-state index contributed by atoms with van der Waals surface area (Å²) in [4.78, 5) is 0. The number of rotatable bonds is 3. The van der Waals surface area contributed by atoms with Gasteiger partial charge in [0.15, 0.2) is 0 Å². The summed E-state index contributed by atoms with van der Waals surface area (Å²) in [6, 6.07) is 0. The summed E-state index contributed by atoms with van der Waals surface area (Å²) in [7, 11) is -0.629. The lowest BCUT2D eigenvalue weighted by Gasteiger charge is -1.95. The van der Waals surface area contributed by atoms with E-state index in [-0.39, 0.29) is 0 Å². The average Bonchev–Trinajstić information content (AvgIpc) is 1.83. The molecule has 0 aliphatic heterocycles. The van der Waals surface area contributed by atoms with E-state index >= 15 is 0 Å². The summed E-state index contributed by atoms with van der Waals surface area (Å²) < 4.78 is 10.5. The SMILES string of the molecule is C/C=C(/C)CCS(C)=O. The van der Waals surface area contributed by atoms with E-state index in [9.17, 15) is 4.21 Å². The molecule has 54 valence electrons. The van der Waals surface area contributed by atoms with Gasteiger partial charge in [0.2, 0.25) is 0 Å². The zero-order valence-corrected chi connectivity index (χ0v) is 7.12. The minimum atomic E-state index is -0.629. The van der Waals surface area contributed by atoms with Crippen LogP contribution in [0.25, 0.3) is 0 Å². The molecule has 0 fully saturated rings. The zero-order valence-electron chi connectivity index (χ0n) is 6.31. The van der Waals surface area contributed by atoms with Crippen LogP contribution < -0.4 is 0 Å². The van der Waals surface area contributed by atoms with Crippen molar-refractivity contribution in [2.75, 3.05) is 12.0 Å². The molecule has 0 heterocycles. The van der Waals surface area contributed by atoms with Crippen molar-refractivity contribution in [2.24, 2.45) is 0 Å². The minimum absolute atomic E-state index is 0.629. The first-order valence-electron chi connectivity index (χ1n) is 3.08. The summed E-state index contributed by atoms with van der Waals surface area (Å²) >= 11 is 0. The van der Waals surface area contributed by atoms with Crippen LogP contribution in [0.3, 0.4) is 0 Å². The molecule has 0 aromatic heterocycles. The maximum Gasteiger partial charge on any atom is 0.0269 e. The molecule has 0 aromatic carbocycles. The molecule has 0 N–H and O–H groups in total. The van der Waals surface area contributed by atoms with Crippen molar-refractivity contribution in [3.8, 4) is 0 Å². The molecular weight excluding hydrogens is 132 g/mol. The van der Waals surface area contributed by atoms with Crippen molar-refractivity contribution < 1.29 is 4.21 Å². The van der Waals surface area contributed by atoms with Gasteiger partial charge in [0.25, 0.3) is 0 Å². The lowest BCUT2D eigenvalue weighted by molar-refractivity contribution is 0.686. The van der Waals surface area contributed by atoms with Gasteiger partial charge < -0.3 is 0 Å². The van der Waals surface area contributed by atoms with Gasteiger partial charge in [0.05, 0.1) is 0 Å². The van der Waals surface area contributed by atoms with Gasteiger partial charge in [-0.15, -0.1) is 0 Å². The number of allylic oxidation sites excluding steroid dienone is 2. The fourth-order valence-electron chi connectivity index (χ4n) is 0.449. The van der Waals surface area contributed by atoms with Crippen molar-refractivity contribution >= 4 is 10.8 Å². The van der Waals surface area contributed by atoms with Crippen LogP contribution in [0.4, 0.5) is 0 Å². The largest absolute Gasteiger partial charge is 0.260 e. The van der Waals surface area contributed by atoms with E-state index in [1.54, 1.807) is 6.26 Å². The smallest absolute Gasteiger partial charge is 0.0269 e. The van der Waals surface area contributed by atoms with Gasteiger partial charge >= 0.3 is 0 Å². The molecule has 1 nitrogen and oxygen atoms in total. The van der Waals surface area contributed by atoms with Crippen LogP contribution in [0.5, 0.6) is 0 Å². The van der Waals surface area contributed by atoms with Gasteiger partial charge in [0.1, 0.15) is 0 Å². The first-order valence-corrected chi connectivity index (χ1v) is 4.81. The Morgan fingerprint density at radius 2 is 2.22 bits per heavy atom. The predicted molar refractivity (Wildman–Crippen MR) is 43.0 cm³/mol. The second kappa shape index (κ2) is 4.74. The van der Waals surface area contributed by atoms with E-state index in [2.05, 4.69) is 13.0 Å². The molecule has 0 saturated carbocycles. The standard InChI is InChI=1S/C7H14OS/c1-4-7(2)5-6-9(3)8/h4H,5-6H2,1-3H3/b7-4-. The van der Waals surface area contributed by atoms with Crippen LogP contribution >= 0.6 is 0 Å². The summed E-state index contributed by atoms with van der Waals surface area (Å²) in [6.07, 6.45) is 4.77. The first kappa shape index (κ1) is 8.89. The van der Waals surface area contributed by atoms with E-state index < -0.39 is 10.8 Å². The third kappa shape index (κ3) is 5.77. The maximum absolute atomic E-state index is 10.5. The number of hydrogen-bond donors (Lipinski definition) is 0. The molecule has 0 aromatic rings. The van der Waals surface area contributed by atoms with Gasteiger partial charge in [-0.3, -0.25) is 4.21 Å². The summed E-state index contributed by atoms with van der Waals surface area (Å²) in [6.45, 7) is 4.07. The van der Waals surface area contributed by atoms with Crippen molar-refractivity contribution in [3.63, 3.8) is 0 Å². The molecule has 1 unspecified atom stereocenters. The van der Waals surface area contributed by atoms with E-state index in [1.165, 1.54) is 5.57 Å². The highest BCUT2D eigenvalue weighted by atomic mass is 32.2. The van der Waals surface area contributed by atoms with Gasteiger partial charge in [-0.25, -0.2) is 0 Å². The van der Waals surface area contributed by atoms with Crippen molar-refractivity contribution in [1.29, 1.82) is 0 Å². The molecule has 0 rings (SSSR count). The average molecular weight is 146 g/mol. The second-order valence-corrected chi connectivity index (χ2v) is 3.72. The summed E-state index contributed by atoms with van der Waals surface area (Å²) in [5, 5.41) is 0. The minimum Gasteiger partial charge on any atom is -0.260 e. The highest BCUT2D eigenvalue weighted by Crippen LogP contribution is 1.98. The van der Waals surface area contributed by atoms with Crippen molar-refractivity contribution in [2.45, 2.75) is 20.3 Å². The quantitative estimate of drug-likeness (QED) is 0.554. The predicted octanol–water partition coefficient (Wildman–Crippen LogP) is 1.72. The Balaban J connectivity index is 3.39. The third-order valence-electron chi connectivity index (χ3n) is 1.28. The van der Waals surface area contributed by atoms with Crippen molar-refractivity contribution in [3.05, 3.63) is 11.6 Å². The molecule has 0 aliphatic rings. The van der Waals surface area contributed by atoms with E-state index in [1.807, 2.05) is 6.92 Å². The van der Waals surface area contributed by atoms with Crippen LogP contribution in [0.15, 0.2) is 11.6 Å². The number of hydrogen-bond acceptors (Lipinski definition) is 1. The van der Waals surface area contributed by atoms with Gasteiger partial charge in [-0.05, 0) is 20.3 Å². The fourth-order valence-corrected chi connectivity index (χ4v) is 1.06. The Bertz CT molecular complexity index is 127. The molecule has 1 atom stereocenters. The molecule has 0 saturated heterocycles. The van der Waals surface area contributed by atoms with E-state index in [0.29, 0.717) is 0 Å². The molecular formula is C7H14OS. The normalized spacial score (nSPS) is 15.7. The van der Waals surface area contributed by atoms with Crippen LogP contribution in [-0.4, -0.2) is 16.2 Å². The van der Waals surface area contributed by atoms with Gasteiger partial charge in [-0.1, -0.05) is 11.6 Å². The highest BCUT2D eigenvalue weighted by molar-refractivity contribution is 7.84. The zero-order chi connectivity index (χ0) is 7.28. The molecule has 0 aliphatic carbocycles. The second-order valence-electron chi connectivity index (χ2n) is 2.16. The molecule has 9 heavy (non-hydrogen) atoms. The Labute approximate surface area is 59.6 Å². The summed E-state index contributed by atoms with van der Waals surface area (Å²) in [5.74, 6) is 0.802. The lowest BCUT2D eigenvalue weighted by atomic mass is 10.2. The molecule has 0 amide bonds. The molecule has 2 heteroatoms.